The molecule has 0 aliphatic rings. The lowest BCUT2D eigenvalue weighted by Crippen LogP contribution is -2.12. The second kappa shape index (κ2) is 5.17. The summed E-state index contributed by atoms with van der Waals surface area (Å²) in [4.78, 5) is 15.7. The van der Waals surface area contributed by atoms with Crippen molar-refractivity contribution in [2.24, 2.45) is 0 Å². The molecule has 0 atom stereocenters. The summed E-state index contributed by atoms with van der Waals surface area (Å²) < 4.78 is 0. The molecule has 0 unspecified atom stereocenters. The fraction of sp³-hybridized carbons (Fsp3) is 0. The standard InChI is InChI=1S/C12H8Cl2N2O/c13-9-3-1-2-4-11(9)16-12(17)8-5-6-15-7-10(8)14/h1-7H,(H,16,17). The zero-order valence-corrected chi connectivity index (χ0v) is 10.2. The van der Waals surface area contributed by atoms with E-state index in [-0.39, 0.29) is 5.91 Å². The van der Waals surface area contributed by atoms with E-state index in [1.807, 2.05) is 0 Å². The Hall–Kier alpha value is -1.58. The van der Waals surface area contributed by atoms with Gasteiger partial charge in [-0.2, -0.15) is 0 Å². The Morgan fingerprint density at radius 1 is 1.12 bits per heavy atom. The first-order valence-corrected chi connectivity index (χ1v) is 5.59. The third-order valence-electron chi connectivity index (χ3n) is 2.14. The van der Waals surface area contributed by atoms with Gasteiger partial charge in [0.05, 0.1) is 21.3 Å². The van der Waals surface area contributed by atoms with Crippen molar-refractivity contribution >= 4 is 34.8 Å². The summed E-state index contributed by atoms with van der Waals surface area (Å²) in [6, 6.07) is 8.54. The van der Waals surface area contributed by atoms with Crippen LogP contribution in [0.15, 0.2) is 42.7 Å². The van der Waals surface area contributed by atoms with Crippen molar-refractivity contribution in [3.63, 3.8) is 0 Å². The van der Waals surface area contributed by atoms with Crippen molar-refractivity contribution in [3.8, 4) is 0 Å². The Bertz CT molecular complexity index is 558. The number of amides is 1. The highest BCUT2D eigenvalue weighted by atomic mass is 35.5. The van der Waals surface area contributed by atoms with Crippen LogP contribution >= 0.6 is 23.2 Å². The molecule has 3 nitrogen and oxygen atoms in total. The number of hydrogen-bond acceptors (Lipinski definition) is 2. The van der Waals surface area contributed by atoms with Crippen molar-refractivity contribution in [2.45, 2.75) is 0 Å². The van der Waals surface area contributed by atoms with Crippen LogP contribution in [-0.4, -0.2) is 10.9 Å². The molecular formula is C12H8Cl2N2O. The molecule has 5 heteroatoms. The second-order valence-corrected chi connectivity index (χ2v) is 4.10. The van der Waals surface area contributed by atoms with Crippen LogP contribution in [0.2, 0.25) is 10.0 Å². The van der Waals surface area contributed by atoms with Crippen molar-refractivity contribution in [1.29, 1.82) is 0 Å². The summed E-state index contributed by atoms with van der Waals surface area (Å²) in [7, 11) is 0. The molecule has 0 radical (unpaired) electrons. The molecule has 0 bridgehead atoms. The fourth-order valence-corrected chi connectivity index (χ4v) is 1.70. The van der Waals surface area contributed by atoms with Gasteiger partial charge in [0, 0.05) is 12.4 Å². The third kappa shape index (κ3) is 2.75. The number of nitrogens with one attached hydrogen (secondary N) is 1. The minimum Gasteiger partial charge on any atom is -0.321 e. The number of carbonyl (C=O) groups excluding carboxylic acids is 1. The zero-order valence-electron chi connectivity index (χ0n) is 8.65. The van der Waals surface area contributed by atoms with Crippen LogP contribution in [0.1, 0.15) is 10.4 Å². The number of hydrogen-bond donors (Lipinski definition) is 1. The molecule has 0 aliphatic carbocycles. The van der Waals surface area contributed by atoms with Gasteiger partial charge in [-0.05, 0) is 18.2 Å². The number of anilines is 1. The molecule has 1 aromatic heterocycles. The van der Waals surface area contributed by atoms with Crippen molar-refractivity contribution in [1.82, 2.24) is 4.98 Å². The largest absolute Gasteiger partial charge is 0.321 e. The minimum absolute atomic E-state index is 0.303. The summed E-state index contributed by atoms with van der Waals surface area (Å²) in [6.45, 7) is 0. The summed E-state index contributed by atoms with van der Waals surface area (Å²) in [5.41, 5.74) is 0.911. The number of carbonyl (C=O) groups is 1. The summed E-state index contributed by atoms with van der Waals surface area (Å²) in [6.07, 6.45) is 2.93. The number of nitrogens with zero attached hydrogens (tertiary/aromatic N) is 1. The molecular weight excluding hydrogens is 259 g/mol. The summed E-state index contributed by atoms with van der Waals surface area (Å²) in [5, 5.41) is 3.46. The predicted octanol–water partition coefficient (Wildman–Crippen LogP) is 3.64. The van der Waals surface area contributed by atoms with Gasteiger partial charge in [-0.25, -0.2) is 0 Å². The average molecular weight is 267 g/mol. The average Bonchev–Trinajstić information content (AvgIpc) is 2.32. The van der Waals surface area contributed by atoms with Gasteiger partial charge in [-0.15, -0.1) is 0 Å². The molecule has 86 valence electrons. The van der Waals surface area contributed by atoms with Gasteiger partial charge in [0.25, 0.3) is 5.91 Å². The zero-order chi connectivity index (χ0) is 12.3. The molecule has 17 heavy (non-hydrogen) atoms. The first-order valence-electron chi connectivity index (χ1n) is 4.84. The number of halogens is 2. The topological polar surface area (TPSA) is 42.0 Å². The molecule has 2 rings (SSSR count). The molecule has 0 saturated carbocycles. The van der Waals surface area contributed by atoms with Gasteiger partial charge in [-0.1, -0.05) is 35.3 Å². The van der Waals surface area contributed by atoms with Crippen LogP contribution in [0, 0.1) is 0 Å². The first-order chi connectivity index (χ1) is 8.18. The lowest BCUT2D eigenvalue weighted by molar-refractivity contribution is 0.102. The molecule has 0 aliphatic heterocycles. The highest BCUT2D eigenvalue weighted by Gasteiger charge is 2.11. The second-order valence-electron chi connectivity index (χ2n) is 3.29. The number of rotatable bonds is 2. The molecule has 1 amide bonds. The highest BCUT2D eigenvalue weighted by Crippen LogP contribution is 2.22. The van der Waals surface area contributed by atoms with Crippen LogP contribution in [0.25, 0.3) is 0 Å². The number of benzene rings is 1. The Labute approximate surface area is 108 Å². The monoisotopic (exact) mass is 266 g/mol. The highest BCUT2D eigenvalue weighted by molar-refractivity contribution is 6.35. The molecule has 1 N–H and O–H groups in total. The van der Waals surface area contributed by atoms with E-state index in [0.717, 1.165) is 0 Å². The van der Waals surface area contributed by atoms with Crippen LogP contribution in [0.4, 0.5) is 5.69 Å². The van der Waals surface area contributed by atoms with Crippen molar-refractivity contribution in [3.05, 3.63) is 58.3 Å². The van der Waals surface area contributed by atoms with Crippen molar-refractivity contribution < 1.29 is 4.79 Å². The molecule has 0 fully saturated rings. The number of pyridine rings is 1. The smallest absolute Gasteiger partial charge is 0.257 e. The van der Waals surface area contributed by atoms with E-state index in [1.165, 1.54) is 12.4 Å². The van der Waals surface area contributed by atoms with E-state index < -0.39 is 0 Å². The fourth-order valence-electron chi connectivity index (χ4n) is 1.31. The molecule has 0 spiro atoms. The molecule has 1 aromatic carbocycles. The number of aromatic nitrogens is 1. The third-order valence-corrected chi connectivity index (χ3v) is 2.77. The van der Waals surface area contributed by atoms with Gasteiger partial charge < -0.3 is 5.32 Å². The van der Waals surface area contributed by atoms with Gasteiger partial charge in [0.2, 0.25) is 0 Å². The van der Waals surface area contributed by atoms with Gasteiger partial charge >= 0.3 is 0 Å². The van der Waals surface area contributed by atoms with E-state index in [4.69, 9.17) is 23.2 Å². The van der Waals surface area contributed by atoms with Crippen molar-refractivity contribution in [2.75, 3.05) is 5.32 Å². The Balaban J connectivity index is 2.24. The summed E-state index contributed by atoms with van der Waals surface area (Å²) >= 11 is 11.8. The minimum atomic E-state index is -0.314. The van der Waals surface area contributed by atoms with E-state index in [2.05, 4.69) is 10.3 Å². The maximum Gasteiger partial charge on any atom is 0.257 e. The lowest BCUT2D eigenvalue weighted by Gasteiger charge is -2.07. The molecule has 2 aromatic rings. The Kier molecular flexibility index (Phi) is 3.61. The maximum absolute atomic E-state index is 11.9. The normalized spacial score (nSPS) is 10.0. The van der Waals surface area contributed by atoms with E-state index in [0.29, 0.717) is 21.3 Å². The molecule has 1 heterocycles. The van der Waals surface area contributed by atoms with Crippen LogP contribution in [-0.2, 0) is 0 Å². The first kappa shape index (κ1) is 11.9. The molecule has 0 saturated heterocycles. The van der Waals surface area contributed by atoms with Crippen LogP contribution in [0.3, 0.4) is 0 Å². The van der Waals surface area contributed by atoms with E-state index in [9.17, 15) is 4.79 Å². The SMILES string of the molecule is O=C(Nc1ccccc1Cl)c1ccncc1Cl. The van der Waals surface area contributed by atoms with Gasteiger partial charge in [0.15, 0.2) is 0 Å². The summed E-state index contributed by atoms with van der Waals surface area (Å²) in [5.74, 6) is -0.314. The van der Waals surface area contributed by atoms with E-state index in [1.54, 1.807) is 30.3 Å². The quantitative estimate of drug-likeness (QED) is 0.902. The van der Waals surface area contributed by atoms with Gasteiger partial charge in [0.1, 0.15) is 0 Å². The maximum atomic E-state index is 11.9. The van der Waals surface area contributed by atoms with Crippen LogP contribution < -0.4 is 5.32 Å². The number of para-hydroxylation sites is 1. The Morgan fingerprint density at radius 2 is 1.88 bits per heavy atom. The van der Waals surface area contributed by atoms with Gasteiger partial charge in [-0.3, -0.25) is 9.78 Å². The predicted molar refractivity (Wildman–Crippen MR) is 68.7 cm³/mol. The van der Waals surface area contributed by atoms with E-state index >= 15 is 0 Å². The van der Waals surface area contributed by atoms with Crippen LogP contribution in [0.5, 0.6) is 0 Å². The lowest BCUT2D eigenvalue weighted by atomic mass is 10.2. The Morgan fingerprint density at radius 3 is 2.59 bits per heavy atom.